The van der Waals surface area contributed by atoms with Gasteiger partial charge in [-0.3, -0.25) is 4.90 Å². The molecule has 1 N–H and O–H groups in total. The molecule has 2 aliphatic heterocycles. The number of likely N-dealkylation sites (tertiary alicyclic amines) is 1. The molecule has 0 bridgehead atoms. The van der Waals surface area contributed by atoms with Crippen LogP contribution in [0.2, 0.25) is 0 Å². The van der Waals surface area contributed by atoms with Gasteiger partial charge in [0.25, 0.3) is 0 Å². The van der Waals surface area contributed by atoms with Gasteiger partial charge in [0.1, 0.15) is 0 Å². The molecule has 0 atom stereocenters. The van der Waals surface area contributed by atoms with E-state index in [1.165, 1.54) is 51.9 Å². The van der Waals surface area contributed by atoms with Gasteiger partial charge in [0, 0.05) is 6.54 Å². The first-order chi connectivity index (χ1) is 6.79. The summed E-state index contributed by atoms with van der Waals surface area (Å²) in [6.07, 6.45) is 5.44. The standard InChI is InChI=1S/C6H11NS2.C4H9N/c8-6(9)5-7-3-1-2-4-7;1-2-4-5-3-1/h1-5H2,(H,8,9);5H,1-4H2. The second-order valence-corrected chi connectivity index (χ2v) is 5.17. The van der Waals surface area contributed by atoms with E-state index in [2.05, 4.69) is 22.8 Å². The minimum Gasteiger partial charge on any atom is -0.317 e. The molecule has 0 aromatic carbocycles. The Labute approximate surface area is 97.8 Å². The zero-order chi connectivity index (χ0) is 10.2. The van der Waals surface area contributed by atoms with Crippen LogP contribution in [0.5, 0.6) is 0 Å². The first kappa shape index (κ1) is 12.4. The van der Waals surface area contributed by atoms with E-state index in [-0.39, 0.29) is 0 Å². The smallest absolute Gasteiger partial charge is 0.0588 e. The fourth-order valence-corrected chi connectivity index (χ4v) is 2.14. The van der Waals surface area contributed by atoms with Crippen molar-refractivity contribution in [3.05, 3.63) is 0 Å². The van der Waals surface area contributed by atoms with Crippen molar-refractivity contribution in [2.24, 2.45) is 0 Å². The van der Waals surface area contributed by atoms with Gasteiger partial charge in [-0.2, -0.15) is 0 Å². The SMILES string of the molecule is C1CCNC1.S=C(S)CN1CCCC1. The molecule has 2 aliphatic rings. The van der Waals surface area contributed by atoms with Crippen LogP contribution in [0.25, 0.3) is 0 Å². The third-order valence-electron chi connectivity index (χ3n) is 2.51. The van der Waals surface area contributed by atoms with Crippen molar-refractivity contribution < 1.29 is 0 Å². The first-order valence-electron chi connectivity index (χ1n) is 5.44. The predicted molar refractivity (Wildman–Crippen MR) is 69.4 cm³/mol. The van der Waals surface area contributed by atoms with Gasteiger partial charge in [0.2, 0.25) is 0 Å². The number of hydrogen-bond donors (Lipinski definition) is 2. The summed E-state index contributed by atoms with van der Waals surface area (Å²) < 4.78 is 0.817. The monoisotopic (exact) mass is 232 g/mol. The van der Waals surface area contributed by atoms with Crippen LogP contribution in [-0.4, -0.2) is 41.8 Å². The Morgan fingerprint density at radius 1 is 1.14 bits per heavy atom. The average molecular weight is 232 g/mol. The van der Waals surface area contributed by atoms with Crippen molar-refractivity contribution in [2.75, 3.05) is 32.7 Å². The normalized spacial score (nSPS) is 21.8. The highest BCUT2D eigenvalue weighted by atomic mass is 32.1. The molecule has 0 radical (unpaired) electrons. The number of thiocarbonyl (C=S) groups is 1. The van der Waals surface area contributed by atoms with Crippen LogP contribution in [0.15, 0.2) is 0 Å². The lowest BCUT2D eigenvalue weighted by atomic mass is 10.4. The zero-order valence-electron chi connectivity index (χ0n) is 8.67. The van der Waals surface area contributed by atoms with Crippen molar-refractivity contribution in [3.8, 4) is 0 Å². The molecule has 2 rings (SSSR count). The number of hydrogen-bond acceptors (Lipinski definition) is 3. The van der Waals surface area contributed by atoms with Crippen LogP contribution in [-0.2, 0) is 0 Å². The van der Waals surface area contributed by atoms with Crippen LogP contribution in [0.3, 0.4) is 0 Å². The molecular weight excluding hydrogens is 212 g/mol. The van der Waals surface area contributed by atoms with Gasteiger partial charge in [-0.15, -0.1) is 12.6 Å². The van der Waals surface area contributed by atoms with Crippen LogP contribution >= 0.6 is 24.8 Å². The van der Waals surface area contributed by atoms with E-state index in [1.54, 1.807) is 0 Å². The molecule has 14 heavy (non-hydrogen) atoms. The van der Waals surface area contributed by atoms with Crippen molar-refractivity contribution in [1.82, 2.24) is 10.2 Å². The molecular formula is C10H20N2S2. The fourth-order valence-electron chi connectivity index (χ4n) is 1.76. The highest BCUT2D eigenvalue weighted by Gasteiger charge is 2.10. The van der Waals surface area contributed by atoms with E-state index in [1.807, 2.05) is 0 Å². The Kier molecular flexibility index (Phi) is 6.77. The van der Waals surface area contributed by atoms with Crippen molar-refractivity contribution in [2.45, 2.75) is 25.7 Å². The summed E-state index contributed by atoms with van der Waals surface area (Å²) in [5.41, 5.74) is 0. The first-order valence-corrected chi connectivity index (χ1v) is 6.29. The number of thiol groups is 1. The second-order valence-electron chi connectivity index (χ2n) is 3.83. The third-order valence-corrected chi connectivity index (χ3v) is 2.79. The largest absolute Gasteiger partial charge is 0.317 e. The van der Waals surface area contributed by atoms with Gasteiger partial charge in [0.05, 0.1) is 4.20 Å². The molecule has 2 fully saturated rings. The number of rotatable bonds is 2. The molecule has 2 heterocycles. The third kappa shape index (κ3) is 5.96. The lowest BCUT2D eigenvalue weighted by Gasteiger charge is -2.11. The van der Waals surface area contributed by atoms with Crippen LogP contribution in [0.1, 0.15) is 25.7 Å². The highest BCUT2D eigenvalue weighted by Crippen LogP contribution is 2.07. The topological polar surface area (TPSA) is 15.3 Å². The van der Waals surface area contributed by atoms with E-state index in [0.29, 0.717) is 0 Å². The summed E-state index contributed by atoms with van der Waals surface area (Å²) in [6.45, 7) is 5.82. The van der Waals surface area contributed by atoms with Gasteiger partial charge >= 0.3 is 0 Å². The second kappa shape index (κ2) is 7.63. The summed E-state index contributed by atoms with van der Waals surface area (Å²) in [5.74, 6) is 0. The minimum atomic E-state index is 0.817. The summed E-state index contributed by atoms with van der Waals surface area (Å²) in [4.78, 5) is 2.34. The van der Waals surface area contributed by atoms with E-state index in [4.69, 9.17) is 12.2 Å². The Balaban J connectivity index is 0.000000165. The number of nitrogens with one attached hydrogen (secondary N) is 1. The van der Waals surface area contributed by atoms with E-state index < -0.39 is 0 Å². The van der Waals surface area contributed by atoms with Gasteiger partial charge in [-0.25, -0.2) is 0 Å². The van der Waals surface area contributed by atoms with Gasteiger partial charge < -0.3 is 5.32 Å². The lowest BCUT2D eigenvalue weighted by Crippen LogP contribution is -2.23. The lowest BCUT2D eigenvalue weighted by molar-refractivity contribution is 0.392. The molecule has 82 valence electrons. The van der Waals surface area contributed by atoms with Crippen LogP contribution in [0.4, 0.5) is 0 Å². The van der Waals surface area contributed by atoms with Crippen LogP contribution in [0, 0.1) is 0 Å². The fraction of sp³-hybridized carbons (Fsp3) is 0.900. The van der Waals surface area contributed by atoms with Crippen molar-refractivity contribution in [3.63, 3.8) is 0 Å². The van der Waals surface area contributed by atoms with E-state index >= 15 is 0 Å². The maximum Gasteiger partial charge on any atom is 0.0588 e. The molecule has 0 spiro atoms. The Morgan fingerprint density at radius 2 is 1.71 bits per heavy atom. The molecule has 0 amide bonds. The molecule has 0 unspecified atom stereocenters. The molecule has 0 saturated carbocycles. The Bertz CT molecular complexity index is 156. The van der Waals surface area contributed by atoms with Crippen molar-refractivity contribution in [1.29, 1.82) is 0 Å². The van der Waals surface area contributed by atoms with Gasteiger partial charge in [-0.1, -0.05) is 12.2 Å². The zero-order valence-corrected chi connectivity index (χ0v) is 10.4. The summed E-state index contributed by atoms with van der Waals surface area (Å²) in [6, 6.07) is 0. The van der Waals surface area contributed by atoms with Crippen LogP contribution < -0.4 is 5.32 Å². The Morgan fingerprint density at radius 3 is 2.07 bits per heavy atom. The molecule has 2 nitrogen and oxygen atoms in total. The maximum atomic E-state index is 4.85. The molecule has 0 aromatic rings. The molecule has 0 aromatic heterocycles. The summed E-state index contributed by atoms with van der Waals surface area (Å²) in [7, 11) is 0. The maximum absolute atomic E-state index is 4.85. The summed E-state index contributed by atoms with van der Waals surface area (Å²) >= 11 is 8.92. The Hall–Kier alpha value is 0.360. The molecule has 4 heteroatoms. The van der Waals surface area contributed by atoms with Gasteiger partial charge in [-0.05, 0) is 51.9 Å². The van der Waals surface area contributed by atoms with Gasteiger partial charge in [0.15, 0.2) is 0 Å². The average Bonchev–Trinajstić information content (AvgIpc) is 2.75. The van der Waals surface area contributed by atoms with Crippen molar-refractivity contribution >= 4 is 29.0 Å². The molecule has 2 saturated heterocycles. The van der Waals surface area contributed by atoms with E-state index in [9.17, 15) is 0 Å². The summed E-state index contributed by atoms with van der Waals surface area (Å²) in [5, 5.41) is 3.22. The highest BCUT2D eigenvalue weighted by molar-refractivity contribution is 8.11. The van der Waals surface area contributed by atoms with E-state index in [0.717, 1.165) is 10.7 Å². The minimum absolute atomic E-state index is 0.817. The number of nitrogens with zero attached hydrogens (tertiary/aromatic N) is 1. The quantitative estimate of drug-likeness (QED) is 0.557. The predicted octanol–water partition coefficient (Wildman–Crippen LogP) is 1.71. The molecule has 0 aliphatic carbocycles.